The van der Waals surface area contributed by atoms with Gasteiger partial charge in [-0.05, 0) is 25.5 Å². The van der Waals surface area contributed by atoms with Crippen LogP contribution in [0.2, 0.25) is 0 Å². The average molecular weight is 247 g/mol. The van der Waals surface area contributed by atoms with Crippen molar-refractivity contribution in [3.8, 4) is 0 Å². The van der Waals surface area contributed by atoms with Gasteiger partial charge in [0.15, 0.2) is 0 Å². The van der Waals surface area contributed by atoms with E-state index in [1.165, 1.54) is 7.05 Å². The summed E-state index contributed by atoms with van der Waals surface area (Å²) in [6, 6.07) is 7.19. The monoisotopic (exact) mass is 247 g/mol. The Bertz CT molecular complexity index is 484. The van der Waals surface area contributed by atoms with E-state index in [2.05, 4.69) is 5.32 Å². The summed E-state index contributed by atoms with van der Waals surface area (Å²) in [4.78, 5) is 25.1. The lowest BCUT2D eigenvalue weighted by Gasteiger charge is -2.26. The fourth-order valence-corrected chi connectivity index (χ4v) is 2.26. The van der Waals surface area contributed by atoms with Crippen LogP contribution in [0.5, 0.6) is 0 Å². The third kappa shape index (κ3) is 1.76. The highest BCUT2D eigenvalue weighted by Gasteiger charge is 2.50. The van der Waals surface area contributed by atoms with Crippen LogP contribution in [-0.4, -0.2) is 30.4 Å². The quantitative estimate of drug-likeness (QED) is 0.773. The van der Waals surface area contributed by atoms with Gasteiger partial charge in [0.2, 0.25) is 0 Å². The van der Waals surface area contributed by atoms with Crippen LogP contribution >= 0.6 is 0 Å². The summed E-state index contributed by atoms with van der Waals surface area (Å²) in [6.45, 7) is 2.30. The Kier molecular flexibility index (Phi) is 3.09. The Morgan fingerprint density at radius 3 is 2.33 bits per heavy atom. The van der Waals surface area contributed by atoms with Crippen molar-refractivity contribution in [1.82, 2.24) is 10.2 Å². The number of nitrogens with zero attached hydrogens (tertiary/aromatic N) is 1. The highest BCUT2D eigenvalue weighted by Crippen LogP contribution is 2.31. The number of carbonyl (C=O) groups is 2. The number of aryl methyl sites for hydroxylation is 1. The standard InChI is InChI=1S/C13H17N3O2/c1-9-3-5-10(6-4-9)13(7-8-14)11(17)16(2)12(18)15-13/h3-6H,7-8,14H2,1-2H3,(H,15,18). The first-order valence-corrected chi connectivity index (χ1v) is 5.89. The lowest BCUT2D eigenvalue weighted by molar-refractivity contribution is -0.130. The number of imide groups is 1. The van der Waals surface area contributed by atoms with Crippen LogP contribution in [0.1, 0.15) is 17.5 Å². The van der Waals surface area contributed by atoms with Gasteiger partial charge in [0.1, 0.15) is 5.54 Å². The van der Waals surface area contributed by atoms with Crippen molar-refractivity contribution in [2.24, 2.45) is 5.73 Å². The molecule has 1 heterocycles. The molecule has 1 aliphatic heterocycles. The molecule has 0 spiro atoms. The minimum atomic E-state index is -1.01. The molecule has 2 rings (SSSR count). The van der Waals surface area contributed by atoms with E-state index in [4.69, 9.17) is 5.73 Å². The van der Waals surface area contributed by atoms with Crippen molar-refractivity contribution in [3.63, 3.8) is 0 Å². The molecule has 0 bridgehead atoms. The van der Waals surface area contributed by atoms with E-state index in [0.717, 1.165) is 16.0 Å². The summed E-state index contributed by atoms with van der Waals surface area (Å²) < 4.78 is 0. The zero-order chi connectivity index (χ0) is 13.3. The highest BCUT2D eigenvalue weighted by molar-refractivity contribution is 6.07. The molecule has 5 nitrogen and oxygen atoms in total. The molecule has 0 aromatic heterocycles. The van der Waals surface area contributed by atoms with Crippen molar-refractivity contribution in [3.05, 3.63) is 35.4 Å². The number of nitrogens with two attached hydrogens (primary N) is 1. The molecular weight excluding hydrogens is 230 g/mol. The van der Waals surface area contributed by atoms with Gasteiger partial charge < -0.3 is 11.1 Å². The van der Waals surface area contributed by atoms with E-state index in [1.54, 1.807) is 0 Å². The average Bonchev–Trinajstić information content (AvgIpc) is 2.56. The van der Waals surface area contributed by atoms with E-state index in [0.29, 0.717) is 13.0 Å². The number of carbonyl (C=O) groups excluding carboxylic acids is 2. The third-order valence-electron chi connectivity index (χ3n) is 3.36. The normalized spacial score (nSPS) is 23.4. The van der Waals surface area contributed by atoms with Crippen LogP contribution < -0.4 is 11.1 Å². The Labute approximate surface area is 106 Å². The van der Waals surface area contributed by atoms with Crippen LogP contribution in [-0.2, 0) is 10.3 Å². The van der Waals surface area contributed by atoms with Gasteiger partial charge in [0, 0.05) is 7.05 Å². The van der Waals surface area contributed by atoms with Crippen LogP contribution in [0.4, 0.5) is 4.79 Å². The van der Waals surface area contributed by atoms with Gasteiger partial charge in [0.05, 0.1) is 0 Å². The largest absolute Gasteiger partial charge is 0.330 e. The molecule has 1 atom stereocenters. The summed E-state index contributed by atoms with van der Waals surface area (Å²) >= 11 is 0. The number of likely N-dealkylation sites (N-methyl/N-ethyl adjacent to an activating group) is 1. The van der Waals surface area contributed by atoms with Crippen molar-refractivity contribution >= 4 is 11.9 Å². The number of amides is 3. The Morgan fingerprint density at radius 1 is 1.28 bits per heavy atom. The Hall–Kier alpha value is -1.88. The number of hydrogen-bond acceptors (Lipinski definition) is 3. The molecule has 3 amide bonds. The summed E-state index contributed by atoms with van der Waals surface area (Å²) in [7, 11) is 1.48. The Balaban J connectivity index is 2.48. The maximum atomic E-state index is 12.3. The molecule has 5 heteroatoms. The molecule has 18 heavy (non-hydrogen) atoms. The highest BCUT2D eigenvalue weighted by atomic mass is 16.2. The zero-order valence-electron chi connectivity index (χ0n) is 10.6. The van der Waals surface area contributed by atoms with Crippen LogP contribution in [0.25, 0.3) is 0 Å². The molecule has 0 aliphatic carbocycles. The van der Waals surface area contributed by atoms with Gasteiger partial charge in [-0.1, -0.05) is 29.8 Å². The first-order chi connectivity index (χ1) is 8.51. The minimum Gasteiger partial charge on any atom is -0.330 e. The SMILES string of the molecule is Cc1ccc(C2(CCN)NC(=O)N(C)C2=O)cc1. The van der Waals surface area contributed by atoms with E-state index in [-0.39, 0.29) is 11.9 Å². The second-order valence-corrected chi connectivity index (χ2v) is 4.60. The topological polar surface area (TPSA) is 75.4 Å². The molecule has 0 saturated carbocycles. The van der Waals surface area contributed by atoms with Crippen LogP contribution in [0.15, 0.2) is 24.3 Å². The summed E-state index contributed by atoms with van der Waals surface area (Å²) in [5, 5.41) is 2.76. The molecule has 1 fully saturated rings. The van der Waals surface area contributed by atoms with Crippen molar-refractivity contribution in [2.75, 3.05) is 13.6 Å². The predicted octanol–water partition coefficient (Wildman–Crippen LogP) is 0.721. The number of urea groups is 1. The maximum Gasteiger partial charge on any atom is 0.325 e. The van der Waals surface area contributed by atoms with Crippen LogP contribution in [0, 0.1) is 6.92 Å². The fourth-order valence-electron chi connectivity index (χ4n) is 2.26. The van der Waals surface area contributed by atoms with Gasteiger partial charge in [-0.25, -0.2) is 4.79 Å². The zero-order valence-corrected chi connectivity index (χ0v) is 10.6. The van der Waals surface area contributed by atoms with E-state index in [9.17, 15) is 9.59 Å². The molecular formula is C13H17N3O2. The van der Waals surface area contributed by atoms with Gasteiger partial charge in [-0.3, -0.25) is 9.69 Å². The van der Waals surface area contributed by atoms with Gasteiger partial charge in [0.25, 0.3) is 5.91 Å². The molecule has 3 N–H and O–H groups in total. The number of hydrogen-bond donors (Lipinski definition) is 2. The van der Waals surface area contributed by atoms with Gasteiger partial charge >= 0.3 is 6.03 Å². The molecule has 1 unspecified atom stereocenters. The van der Waals surface area contributed by atoms with Gasteiger partial charge in [-0.15, -0.1) is 0 Å². The van der Waals surface area contributed by atoms with Crippen LogP contribution in [0.3, 0.4) is 0 Å². The van der Waals surface area contributed by atoms with E-state index >= 15 is 0 Å². The van der Waals surface area contributed by atoms with E-state index in [1.807, 2.05) is 31.2 Å². The lowest BCUT2D eigenvalue weighted by atomic mass is 9.86. The predicted molar refractivity (Wildman–Crippen MR) is 67.8 cm³/mol. The molecule has 0 radical (unpaired) electrons. The van der Waals surface area contributed by atoms with Crippen molar-refractivity contribution < 1.29 is 9.59 Å². The van der Waals surface area contributed by atoms with Gasteiger partial charge in [-0.2, -0.15) is 0 Å². The first-order valence-electron chi connectivity index (χ1n) is 5.89. The summed E-state index contributed by atoms with van der Waals surface area (Å²) in [5.74, 6) is -0.248. The van der Waals surface area contributed by atoms with Crippen molar-refractivity contribution in [2.45, 2.75) is 18.9 Å². The molecule has 1 aromatic rings. The second-order valence-electron chi connectivity index (χ2n) is 4.60. The summed E-state index contributed by atoms with van der Waals surface area (Å²) in [5.41, 5.74) is 6.47. The fraction of sp³-hybridized carbons (Fsp3) is 0.385. The smallest absolute Gasteiger partial charge is 0.325 e. The number of rotatable bonds is 3. The first kappa shape index (κ1) is 12.6. The third-order valence-corrected chi connectivity index (χ3v) is 3.36. The van der Waals surface area contributed by atoms with Crippen molar-refractivity contribution in [1.29, 1.82) is 0 Å². The minimum absolute atomic E-state index is 0.248. The molecule has 1 saturated heterocycles. The Morgan fingerprint density at radius 2 is 1.89 bits per heavy atom. The number of benzene rings is 1. The summed E-state index contributed by atoms with van der Waals surface area (Å²) in [6.07, 6.45) is 0.394. The second kappa shape index (κ2) is 4.42. The molecule has 1 aliphatic rings. The molecule has 1 aromatic carbocycles. The molecule has 96 valence electrons. The number of nitrogens with one attached hydrogen (secondary N) is 1. The maximum absolute atomic E-state index is 12.3. The lowest BCUT2D eigenvalue weighted by Crippen LogP contribution is -2.45. The van der Waals surface area contributed by atoms with E-state index < -0.39 is 5.54 Å².